The number of aromatic carboxylic acids is 1. The minimum Gasteiger partial charge on any atom is -0.507 e. The Hall–Kier alpha value is -2.49. The molecule has 0 atom stereocenters. The van der Waals surface area contributed by atoms with E-state index in [-0.39, 0.29) is 17.1 Å². The van der Waals surface area contributed by atoms with E-state index in [4.69, 9.17) is 5.11 Å². The molecule has 4 nitrogen and oxygen atoms in total. The fourth-order valence-corrected chi connectivity index (χ4v) is 1.59. The minimum atomic E-state index is -1.21. The van der Waals surface area contributed by atoms with Crippen LogP contribution in [0, 0.1) is 0 Å². The molecule has 0 amide bonds. The number of hydrogen-bond acceptors (Lipinski definition) is 3. The molecule has 0 unspecified atom stereocenters. The van der Waals surface area contributed by atoms with Crippen LogP contribution in [-0.2, 0) is 0 Å². The Kier molecular flexibility index (Phi) is 2.70. The first-order chi connectivity index (χ1) is 8.09. The molecule has 2 aromatic carbocycles. The van der Waals surface area contributed by atoms with Crippen molar-refractivity contribution in [3.63, 3.8) is 0 Å². The van der Waals surface area contributed by atoms with Gasteiger partial charge in [-0.05, 0) is 23.8 Å². The highest BCUT2D eigenvalue weighted by Gasteiger charge is 2.12. The highest BCUT2D eigenvalue weighted by molar-refractivity contribution is 5.92. The Bertz CT molecular complexity index is 575. The van der Waals surface area contributed by atoms with Crippen LogP contribution in [0.2, 0.25) is 0 Å². The highest BCUT2D eigenvalue weighted by atomic mass is 16.4. The van der Waals surface area contributed by atoms with E-state index in [0.29, 0.717) is 11.1 Å². The van der Waals surface area contributed by atoms with Gasteiger partial charge in [0.2, 0.25) is 0 Å². The normalized spacial score (nSPS) is 10.1. The Labute approximate surface area is 97.4 Å². The van der Waals surface area contributed by atoms with E-state index in [2.05, 4.69) is 0 Å². The quantitative estimate of drug-likeness (QED) is 0.740. The van der Waals surface area contributed by atoms with Crippen molar-refractivity contribution in [1.82, 2.24) is 0 Å². The molecule has 0 heterocycles. The second kappa shape index (κ2) is 4.17. The molecule has 0 aromatic heterocycles. The lowest BCUT2D eigenvalue weighted by atomic mass is 10.0. The molecule has 2 rings (SSSR count). The van der Waals surface area contributed by atoms with Crippen LogP contribution < -0.4 is 0 Å². The second-order valence-electron chi connectivity index (χ2n) is 3.55. The number of para-hydroxylation sites is 1. The van der Waals surface area contributed by atoms with Gasteiger partial charge in [0.05, 0.1) is 0 Å². The molecule has 0 saturated carbocycles. The van der Waals surface area contributed by atoms with Crippen LogP contribution in [0.25, 0.3) is 11.1 Å². The zero-order valence-electron chi connectivity index (χ0n) is 8.79. The van der Waals surface area contributed by atoms with Crippen molar-refractivity contribution in [2.45, 2.75) is 0 Å². The van der Waals surface area contributed by atoms with E-state index in [9.17, 15) is 15.0 Å². The Morgan fingerprint density at radius 1 is 0.941 bits per heavy atom. The number of carboxylic acids is 1. The molecule has 3 N–H and O–H groups in total. The average molecular weight is 230 g/mol. The van der Waals surface area contributed by atoms with Gasteiger partial charge in [-0.25, -0.2) is 4.79 Å². The van der Waals surface area contributed by atoms with Gasteiger partial charge in [-0.2, -0.15) is 0 Å². The maximum Gasteiger partial charge on any atom is 0.339 e. The minimum absolute atomic E-state index is 0.0644. The van der Waals surface area contributed by atoms with E-state index in [1.165, 1.54) is 18.2 Å². The SMILES string of the molecule is O=C(O)c1cc(-c2ccccc2O)ccc1O. The van der Waals surface area contributed by atoms with Crippen LogP contribution in [0.4, 0.5) is 0 Å². The maximum atomic E-state index is 10.9. The van der Waals surface area contributed by atoms with Gasteiger partial charge in [-0.1, -0.05) is 24.3 Å². The summed E-state index contributed by atoms with van der Waals surface area (Å²) < 4.78 is 0. The van der Waals surface area contributed by atoms with E-state index < -0.39 is 5.97 Å². The summed E-state index contributed by atoms with van der Waals surface area (Å²) in [5, 5.41) is 27.9. The molecular weight excluding hydrogens is 220 g/mol. The van der Waals surface area contributed by atoms with E-state index in [0.717, 1.165) is 0 Å². The molecular formula is C13H10O4. The molecule has 2 aromatic rings. The van der Waals surface area contributed by atoms with Gasteiger partial charge in [0.25, 0.3) is 0 Å². The van der Waals surface area contributed by atoms with Gasteiger partial charge >= 0.3 is 5.97 Å². The number of aromatic hydroxyl groups is 2. The zero-order valence-corrected chi connectivity index (χ0v) is 8.79. The lowest BCUT2D eigenvalue weighted by Gasteiger charge is -2.06. The first kappa shape index (κ1) is 11.0. The predicted molar refractivity (Wildman–Crippen MR) is 62.2 cm³/mol. The first-order valence-electron chi connectivity index (χ1n) is 4.94. The first-order valence-corrected chi connectivity index (χ1v) is 4.94. The van der Waals surface area contributed by atoms with Gasteiger partial charge in [0.1, 0.15) is 17.1 Å². The summed E-state index contributed by atoms with van der Waals surface area (Å²) in [5.41, 5.74) is 0.874. The van der Waals surface area contributed by atoms with Crippen molar-refractivity contribution < 1.29 is 20.1 Å². The molecule has 4 heteroatoms. The third-order valence-corrected chi connectivity index (χ3v) is 2.44. The van der Waals surface area contributed by atoms with Crippen LogP contribution in [-0.4, -0.2) is 21.3 Å². The highest BCUT2D eigenvalue weighted by Crippen LogP contribution is 2.31. The van der Waals surface area contributed by atoms with Crippen molar-refractivity contribution in [3.8, 4) is 22.6 Å². The zero-order chi connectivity index (χ0) is 12.4. The molecule has 0 saturated heterocycles. The maximum absolute atomic E-state index is 10.9. The summed E-state index contributed by atoms with van der Waals surface area (Å²) >= 11 is 0. The van der Waals surface area contributed by atoms with Gasteiger partial charge in [0.15, 0.2) is 0 Å². The van der Waals surface area contributed by atoms with Crippen LogP contribution in [0.3, 0.4) is 0 Å². The number of phenolic OH excluding ortho intramolecular Hbond substituents is 1. The lowest BCUT2D eigenvalue weighted by Crippen LogP contribution is -1.97. The number of carboxylic acid groups (broad SMARTS) is 1. The van der Waals surface area contributed by atoms with E-state index >= 15 is 0 Å². The van der Waals surface area contributed by atoms with Crippen LogP contribution in [0.5, 0.6) is 11.5 Å². The fourth-order valence-electron chi connectivity index (χ4n) is 1.59. The van der Waals surface area contributed by atoms with Crippen LogP contribution >= 0.6 is 0 Å². The summed E-state index contributed by atoms with van der Waals surface area (Å²) in [6.45, 7) is 0. The van der Waals surface area contributed by atoms with Gasteiger partial charge in [0, 0.05) is 5.56 Å². The molecule has 0 aliphatic rings. The predicted octanol–water partition coefficient (Wildman–Crippen LogP) is 2.46. The monoisotopic (exact) mass is 230 g/mol. The molecule has 0 radical (unpaired) electrons. The molecule has 0 aliphatic heterocycles. The number of carbonyl (C=O) groups is 1. The summed E-state index contributed by atoms with van der Waals surface area (Å²) in [7, 11) is 0. The van der Waals surface area contributed by atoms with Gasteiger partial charge < -0.3 is 15.3 Å². The van der Waals surface area contributed by atoms with Crippen LogP contribution in [0.1, 0.15) is 10.4 Å². The summed E-state index contributed by atoms with van der Waals surface area (Å²) in [6.07, 6.45) is 0. The van der Waals surface area contributed by atoms with Gasteiger partial charge in [-0.3, -0.25) is 0 Å². The Morgan fingerprint density at radius 3 is 2.29 bits per heavy atom. The average Bonchev–Trinajstić information content (AvgIpc) is 2.30. The number of rotatable bonds is 2. The molecule has 0 aliphatic carbocycles. The third kappa shape index (κ3) is 2.06. The number of phenols is 2. The molecule has 0 bridgehead atoms. The molecule has 0 fully saturated rings. The topological polar surface area (TPSA) is 77.8 Å². The van der Waals surface area contributed by atoms with Crippen molar-refractivity contribution in [2.24, 2.45) is 0 Å². The number of hydrogen-bond donors (Lipinski definition) is 3. The van der Waals surface area contributed by atoms with E-state index in [1.807, 2.05) is 0 Å². The molecule has 17 heavy (non-hydrogen) atoms. The number of benzene rings is 2. The van der Waals surface area contributed by atoms with Crippen molar-refractivity contribution >= 4 is 5.97 Å². The van der Waals surface area contributed by atoms with Crippen molar-refractivity contribution in [3.05, 3.63) is 48.0 Å². The van der Waals surface area contributed by atoms with Gasteiger partial charge in [-0.15, -0.1) is 0 Å². The second-order valence-corrected chi connectivity index (χ2v) is 3.55. The molecule has 0 spiro atoms. The third-order valence-electron chi connectivity index (χ3n) is 2.44. The summed E-state index contributed by atoms with van der Waals surface area (Å²) in [6, 6.07) is 10.8. The lowest BCUT2D eigenvalue weighted by molar-refractivity contribution is 0.0694. The standard InChI is InChI=1S/C13H10O4/c14-11-4-2-1-3-9(11)8-5-6-12(15)10(7-8)13(16)17/h1-7,14-15H,(H,16,17). The van der Waals surface area contributed by atoms with Crippen molar-refractivity contribution in [1.29, 1.82) is 0 Å². The fraction of sp³-hybridized carbons (Fsp3) is 0. The smallest absolute Gasteiger partial charge is 0.339 e. The summed E-state index contributed by atoms with van der Waals surface area (Å²) in [4.78, 5) is 10.9. The summed E-state index contributed by atoms with van der Waals surface area (Å²) in [5.74, 6) is -1.44. The molecule has 86 valence electrons. The van der Waals surface area contributed by atoms with Crippen LogP contribution in [0.15, 0.2) is 42.5 Å². The van der Waals surface area contributed by atoms with Crippen molar-refractivity contribution in [2.75, 3.05) is 0 Å². The Balaban J connectivity index is 2.58. The Morgan fingerprint density at radius 2 is 1.65 bits per heavy atom. The largest absolute Gasteiger partial charge is 0.507 e. The van der Waals surface area contributed by atoms with E-state index in [1.54, 1.807) is 24.3 Å².